The number of nitrogens with zero attached hydrogens (tertiary/aromatic N) is 2. The Morgan fingerprint density at radius 1 is 1.10 bits per heavy atom. The molecule has 0 radical (unpaired) electrons. The molecular formula is C17H26N2O2. The van der Waals surface area contributed by atoms with Crippen LogP contribution in [-0.4, -0.2) is 55.0 Å². The topological polar surface area (TPSA) is 32.8 Å². The number of benzene rings is 1. The molecule has 4 nitrogen and oxygen atoms in total. The number of piperazine rings is 1. The van der Waals surface area contributed by atoms with Gasteiger partial charge in [0.25, 0.3) is 5.91 Å². The molecule has 1 aliphatic rings. The zero-order chi connectivity index (χ0) is 15.3. The number of carbonyl (C=O) groups is 1. The maximum atomic E-state index is 12.1. The number of carbonyl (C=O) groups excluding carboxylic acids is 1. The van der Waals surface area contributed by atoms with Gasteiger partial charge in [-0.2, -0.15) is 0 Å². The third-order valence-electron chi connectivity index (χ3n) is 3.53. The first-order valence-corrected chi connectivity index (χ1v) is 7.62. The highest BCUT2D eigenvalue weighted by molar-refractivity contribution is 5.77. The zero-order valence-corrected chi connectivity index (χ0v) is 13.3. The lowest BCUT2D eigenvalue weighted by molar-refractivity contribution is -0.135. The van der Waals surface area contributed by atoms with Crippen LogP contribution < -0.4 is 4.74 Å². The van der Waals surface area contributed by atoms with Crippen molar-refractivity contribution in [1.29, 1.82) is 0 Å². The van der Waals surface area contributed by atoms with Crippen LogP contribution in [0, 0.1) is 5.41 Å². The third-order valence-corrected chi connectivity index (χ3v) is 3.53. The number of para-hydroxylation sites is 1. The molecule has 1 heterocycles. The van der Waals surface area contributed by atoms with Crippen LogP contribution in [0.1, 0.15) is 20.8 Å². The standard InChI is InChI=1S/C17H26N2O2/c1-17(2,3)14-18-9-11-19(12-10-18)16(20)13-21-15-7-5-4-6-8-15/h4-8H,9-14H2,1-3H3. The van der Waals surface area contributed by atoms with Crippen LogP contribution >= 0.6 is 0 Å². The second-order valence-corrected chi connectivity index (χ2v) is 6.82. The Hall–Kier alpha value is -1.55. The highest BCUT2D eigenvalue weighted by Gasteiger charge is 2.24. The summed E-state index contributed by atoms with van der Waals surface area (Å²) >= 11 is 0. The van der Waals surface area contributed by atoms with Crippen LogP contribution in [0.3, 0.4) is 0 Å². The molecule has 0 aromatic heterocycles. The van der Waals surface area contributed by atoms with Gasteiger partial charge in [-0.1, -0.05) is 39.0 Å². The lowest BCUT2D eigenvalue weighted by atomic mass is 9.96. The minimum Gasteiger partial charge on any atom is -0.484 e. The van der Waals surface area contributed by atoms with Crippen molar-refractivity contribution in [2.75, 3.05) is 39.3 Å². The maximum Gasteiger partial charge on any atom is 0.260 e. The van der Waals surface area contributed by atoms with Gasteiger partial charge in [-0.25, -0.2) is 0 Å². The number of ether oxygens (including phenoxy) is 1. The summed E-state index contributed by atoms with van der Waals surface area (Å²) in [5.74, 6) is 0.825. The number of rotatable bonds is 4. The van der Waals surface area contributed by atoms with Gasteiger partial charge in [0, 0.05) is 32.7 Å². The second kappa shape index (κ2) is 6.94. The molecule has 0 bridgehead atoms. The third kappa shape index (κ3) is 5.38. The van der Waals surface area contributed by atoms with Crippen LogP contribution in [0.15, 0.2) is 30.3 Å². The lowest BCUT2D eigenvalue weighted by Crippen LogP contribution is -2.51. The fourth-order valence-corrected chi connectivity index (χ4v) is 2.58. The van der Waals surface area contributed by atoms with E-state index in [1.165, 1.54) is 0 Å². The second-order valence-electron chi connectivity index (χ2n) is 6.82. The highest BCUT2D eigenvalue weighted by atomic mass is 16.5. The van der Waals surface area contributed by atoms with E-state index in [4.69, 9.17) is 4.74 Å². The van der Waals surface area contributed by atoms with E-state index in [9.17, 15) is 4.79 Å². The monoisotopic (exact) mass is 290 g/mol. The molecule has 1 aromatic rings. The van der Waals surface area contributed by atoms with Crippen molar-refractivity contribution in [3.05, 3.63) is 30.3 Å². The molecule has 1 aromatic carbocycles. The normalized spacial score (nSPS) is 16.8. The first-order valence-electron chi connectivity index (χ1n) is 7.62. The quantitative estimate of drug-likeness (QED) is 0.852. The summed E-state index contributed by atoms with van der Waals surface area (Å²) in [6.45, 7) is 11.5. The van der Waals surface area contributed by atoms with Crippen molar-refractivity contribution >= 4 is 5.91 Å². The van der Waals surface area contributed by atoms with Crippen molar-refractivity contribution < 1.29 is 9.53 Å². The smallest absolute Gasteiger partial charge is 0.260 e. The van der Waals surface area contributed by atoms with Crippen LogP contribution in [-0.2, 0) is 4.79 Å². The minimum atomic E-state index is 0.0780. The van der Waals surface area contributed by atoms with Crippen molar-refractivity contribution in [3.8, 4) is 5.75 Å². The minimum absolute atomic E-state index is 0.0780. The largest absolute Gasteiger partial charge is 0.484 e. The van der Waals surface area contributed by atoms with Crippen LogP contribution in [0.25, 0.3) is 0 Å². The summed E-state index contributed by atoms with van der Waals surface area (Å²) in [6.07, 6.45) is 0. The van der Waals surface area contributed by atoms with Crippen LogP contribution in [0.4, 0.5) is 0 Å². The van der Waals surface area contributed by atoms with E-state index < -0.39 is 0 Å². The molecule has 0 aliphatic carbocycles. The van der Waals surface area contributed by atoms with Gasteiger partial charge in [0.15, 0.2) is 6.61 Å². The van der Waals surface area contributed by atoms with E-state index >= 15 is 0 Å². The number of hydrogen-bond donors (Lipinski definition) is 0. The SMILES string of the molecule is CC(C)(C)CN1CCN(C(=O)COc2ccccc2)CC1. The maximum absolute atomic E-state index is 12.1. The predicted molar refractivity (Wildman–Crippen MR) is 84.4 cm³/mol. The molecule has 0 spiro atoms. The van der Waals surface area contributed by atoms with Gasteiger partial charge in [0.1, 0.15) is 5.75 Å². The van der Waals surface area contributed by atoms with Crippen LogP contribution in [0.2, 0.25) is 0 Å². The van der Waals surface area contributed by atoms with E-state index in [1.54, 1.807) is 0 Å². The van der Waals surface area contributed by atoms with Crippen LogP contribution in [0.5, 0.6) is 5.75 Å². The molecule has 1 amide bonds. The fourth-order valence-electron chi connectivity index (χ4n) is 2.58. The van der Waals surface area contributed by atoms with Gasteiger partial charge < -0.3 is 9.64 Å². The Morgan fingerprint density at radius 3 is 2.29 bits per heavy atom. The Morgan fingerprint density at radius 2 is 1.71 bits per heavy atom. The summed E-state index contributed by atoms with van der Waals surface area (Å²) < 4.78 is 5.52. The first-order chi connectivity index (χ1) is 9.94. The summed E-state index contributed by atoms with van der Waals surface area (Å²) in [7, 11) is 0. The molecule has 4 heteroatoms. The van der Waals surface area contributed by atoms with Crippen molar-refractivity contribution in [2.45, 2.75) is 20.8 Å². The molecule has 0 N–H and O–H groups in total. The van der Waals surface area contributed by atoms with Gasteiger partial charge in [0.2, 0.25) is 0 Å². The molecule has 1 saturated heterocycles. The van der Waals surface area contributed by atoms with Gasteiger partial charge in [-0.3, -0.25) is 9.69 Å². The fraction of sp³-hybridized carbons (Fsp3) is 0.588. The van der Waals surface area contributed by atoms with E-state index in [0.717, 1.165) is 38.5 Å². The average molecular weight is 290 g/mol. The molecule has 0 saturated carbocycles. The molecule has 2 rings (SSSR count). The molecular weight excluding hydrogens is 264 g/mol. The Bertz CT molecular complexity index is 446. The van der Waals surface area contributed by atoms with E-state index in [-0.39, 0.29) is 12.5 Å². The molecule has 21 heavy (non-hydrogen) atoms. The van der Waals surface area contributed by atoms with Crippen molar-refractivity contribution in [2.24, 2.45) is 5.41 Å². The van der Waals surface area contributed by atoms with E-state index in [2.05, 4.69) is 25.7 Å². The lowest BCUT2D eigenvalue weighted by Gasteiger charge is -2.37. The van der Waals surface area contributed by atoms with Crippen molar-refractivity contribution in [1.82, 2.24) is 9.80 Å². The Balaban J connectivity index is 1.73. The summed E-state index contributed by atoms with van der Waals surface area (Å²) in [5.41, 5.74) is 0.308. The molecule has 116 valence electrons. The van der Waals surface area contributed by atoms with Gasteiger partial charge in [-0.05, 0) is 17.5 Å². The first kappa shape index (κ1) is 15.8. The van der Waals surface area contributed by atoms with E-state index in [0.29, 0.717) is 5.41 Å². The molecule has 1 fully saturated rings. The number of hydrogen-bond acceptors (Lipinski definition) is 3. The highest BCUT2D eigenvalue weighted by Crippen LogP contribution is 2.16. The molecule has 0 atom stereocenters. The summed E-state index contributed by atoms with van der Waals surface area (Å²) in [6, 6.07) is 9.49. The van der Waals surface area contributed by atoms with Gasteiger partial charge in [-0.15, -0.1) is 0 Å². The molecule has 1 aliphatic heterocycles. The summed E-state index contributed by atoms with van der Waals surface area (Å²) in [4.78, 5) is 16.5. The predicted octanol–water partition coefficient (Wildman–Crippen LogP) is 2.26. The van der Waals surface area contributed by atoms with E-state index in [1.807, 2.05) is 35.2 Å². The average Bonchev–Trinajstić information content (AvgIpc) is 2.45. The summed E-state index contributed by atoms with van der Waals surface area (Å²) in [5, 5.41) is 0. The van der Waals surface area contributed by atoms with Gasteiger partial charge in [0.05, 0.1) is 0 Å². The Kier molecular flexibility index (Phi) is 5.23. The number of amides is 1. The Labute approximate surface area is 127 Å². The van der Waals surface area contributed by atoms with Gasteiger partial charge >= 0.3 is 0 Å². The zero-order valence-electron chi connectivity index (χ0n) is 13.3. The van der Waals surface area contributed by atoms with Crippen molar-refractivity contribution in [3.63, 3.8) is 0 Å². The molecule has 0 unspecified atom stereocenters.